The SMILES string of the molecule is CN=C(NCC(c1ccc(C)o1)N1CCOCC1)N1CCC(COC)C1. The number of ether oxygens (including phenoxy) is 2. The predicted molar refractivity (Wildman–Crippen MR) is 101 cm³/mol. The Balaban J connectivity index is 1.62. The molecule has 2 atom stereocenters. The van der Waals surface area contributed by atoms with Crippen molar-refractivity contribution < 1.29 is 13.9 Å². The van der Waals surface area contributed by atoms with Gasteiger partial charge in [-0.25, -0.2) is 0 Å². The predicted octanol–water partition coefficient (Wildman–Crippen LogP) is 1.51. The van der Waals surface area contributed by atoms with E-state index in [1.807, 2.05) is 20.0 Å². The van der Waals surface area contributed by atoms with Crippen molar-refractivity contribution in [1.29, 1.82) is 0 Å². The standard InChI is InChI=1S/C19H32N4O3/c1-15-4-5-18(26-15)17(22-8-10-25-11-9-22)12-21-19(20-2)23-7-6-16(13-23)14-24-3/h4-5,16-17H,6-14H2,1-3H3,(H,20,21). The maximum Gasteiger partial charge on any atom is 0.193 e. The minimum atomic E-state index is 0.182. The molecule has 2 aliphatic rings. The molecule has 0 aliphatic carbocycles. The molecule has 7 heteroatoms. The van der Waals surface area contributed by atoms with Crippen molar-refractivity contribution in [3.05, 3.63) is 23.7 Å². The molecule has 1 aromatic heterocycles. The summed E-state index contributed by atoms with van der Waals surface area (Å²) in [6, 6.07) is 4.30. The molecule has 1 aromatic rings. The third kappa shape index (κ3) is 4.78. The van der Waals surface area contributed by atoms with Crippen molar-refractivity contribution in [1.82, 2.24) is 15.1 Å². The van der Waals surface area contributed by atoms with E-state index < -0.39 is 0 Å². The number of nitrogens with one attached hydrogen (secondary N) is 1. The number of hydrogen-bond acceptors (Lipinski definition) is 5. The molecular formula is C19H32N4O3. The molecule has 0 saturated carbocycles. The van der Waals surface area contributed by atoms with Gasteiger partial charge in [-0.1, -0.05) is 0 Å². The highest BCUT2D eigenvalue weighted by Gasteiger charge is 2.28. The van der Waals surface area contributed by atoms with Crippen LogP contribution < -0.4 is 5.32 Å². The Morgan fingerprint density at radius 3 is 2.81 bits per heavy atom. The summed E-state index contributed by atoms with van der Waals surface area (Å²) in [7, 11) is 3.63. The first kappa shape index (κ1) is 19.2. The second-order valence-electron chi connectivity index (χ2n) is 7.10. The number of morpholine rings is 1. The second kappa shape index (κ2) is 9.39. The number of aliphatic imine (C=N–C) groups is 1. The molecule has 2 unspecified atom stereocenters. The first-order valence-corrected chi connectivity index (χ1v) is 9.54. The number of furan rings is 1. The van der Waals surface area contributed by atoms with Gasteiger partial charge in [0.05, 0.1) is 25.9 Å². The van der Waals surface area contributed by atoms with Crippen molar-refractivity contribution in [3.8, 4) is 0 Å². The molecule has 0 radical (unpaired) electrons. The van der Waals surface area contributed by atoms with Gasteiger partial charge in [0, 0.05) is 52.8 Å². The van der Waals surface area contributed by atoms with Crippen LogP contribution >= 0.6 is 0 Å². The molecule has 7 nitrogen and oxygen atoms in total. The largest absolute Gasteiger partial charge is 0.465 e. The van der Waals surface area contributed by atoms with Crippen LogP contribution in [-0.4, -0.2) is 82.5 Å². The van der Waals surface area contributed by atoms with Gasteiger partial charge in [-0.2, -0.15) is 0 Å². The Kier molecular flexibility index (Phi) is 6.93. The lowest BCUT2D eigenvalue weighted by Gasteiger charge is -2.34. The van der Waals surface area contributed by atoms with Crippen LogP contribution in [0.1, 0.15) is 24.0 Å². The van der Waals surface area contributed by atoms with Crippen LogP contribution in [0.2, 0.25) is 0 Å². The van der Waals surface area contributed by atoms with Crippen molar-refractivity contribution in [2.75, 3.05) is 66.7 Å². The summed E-state index contributed by atoms with van der Waals surface area (Å²) in [5.74, 6) is 3.50. The molecule has 2 fully saturated rings. The maximum atomic E-state index is 5.95. The van der Waals surface area contributed by atoms with Crippen LogP contribution in [-0.2, 0) is 9.47 Å². The van der Waals surface area contributed by atoms with Crippen molar-refractivity contribution in [2.24, 2.45) is 10.9 Å². The Labute approximate surface area is 156 Å². The number of nitrogens with zero attached hydrogens (tertiary/aromatic N) is 3. The molecular weight excluding hydrogens is 332 g/mol. The average Bonchev–Trinajstić information content (AvgIpc) is 3.29. The second-order valence-corrected chi connectivity index (χ2v) is 7.10. The fourth-order valence-corrected chi connectivity index (χ4v) is 3.85. The van der Waals surface area contributed by atoms with E-state index in [0.29, 0.717) is 5.92 Å². The Hall–Kier alpha value is -1.57. The minimum absolute atomic E-state index is 0.182. The number of methoxy groups -OCH3 is 1. The van der Waals surface area contributed by atoms with Crippen LogP contribution in [0.3, 0.4) is 0 Å². The zero-order valence-electron chi connectivity index (χ0n) is 16.2. The smallest absolute Gasteiger partial charge is 0.193 e. The highest BCUT2D eigenvalue weighted by Crippen LogP contribution is 2.24. The van der Waals surface area contributed by atoms with Gasteiger partial charge >= 0.3 is 0 Å². The lowest BCUT2D eigenvalue weighted by Crippen LogP contribution is -2.47. The molecule has 2 aliphatic heterocycles. The Morgan fingerprint density at radius 2 is 2.15 bits per heavy atom. The summed E-state index contributed by atoms with van der Waals surface area (Å²) in [5.41, 5.74) is 0. The Morgan fingerprint density at radius 1 is 1.35 bits per heavy atom. The van der Waals surface area contributed by atoms with Crippen LogP contribution in [0.5, 0.6) is 0 Å². The van der Waals surface area contributed by atoms with Gasteiger partial charge in [0.1, 0.15) is 11.5 Å². The van der Waals surface area contributed by atoms with E-state index in [0.717, 1.165) is 76.4 Å². The minimum Gasteiger partial charge on any atom is -0.465 e. The summed E-state index contributed by atoms with van der Waals surface area (Å²) in [6.07, 6.45) is 1.15. The monoisotopic (exact) mass is 364 g/mol. The third-order valence-corrected chi connectivity index (χ3v) is 5.23. The summed E-state index contributed by atoms with van der Waals surface area (Å²) in [4.78, 5) is 9.25. The molecule has 0 aromatic carbocycles. The van der Waals surface area contributed by atoms with E-state index in [9.17, 15) is 0 Å². The molecule has 3 heterocycles. The topological polar surface area (TPSA) is 62.5 Å². The number of likely N-dealkylation sites (tertiary alicyclic amines) is 1. The molecule has 3 rings (SSSR count). The molecule has 146 valence electrons. The van der Waals surface area contributed by atoms with E-state index in [1.54, 1.807) is 7.11 Å². The fourth-order valence-electron chi connectivity index (χ4n) is 3.85. The van der Waals surface area contributed by atoms with Crippen LogP contribution in [0, 0.1) is 12.8 Å². The maximum absolute atomic E-state index is 5.95. The van der Waals surface area contributed by atoms with Gasteiger partial charge in [-0.05, 0) is 25.5 Å². The summed E-state index contributed by atoms with van der Waals surface area (Å²) in [5, 5.41) is 3.57. The summed E-state index contributed by atoms with van der Waals surface area (Å²) < 4.78 is 16.8. The first-order chi connectivity index (χ1) is 12.7. The van der Waals surface area contributed by atoms with Gasteiger partial charge in [-0.3, -0.25) is 9.89 Å². The number of guanidine groups is 1. The molecule has 0 bridgehead atoms. The van der Waals surface area contributed by atoms with E-state index in [-0.39, 0.29) is 6.04 Å². The van der Waals surface area contributed by atoms with Gasteiger partial charge in [0.15, 0.2) is 5.96 Å². The van der Waals surface area contributed by atoms with E-state index in [1.165, 1.54) is 0 Å². The van der Waals surface area contributed by atoms with Gasteiger partial charge < -0.3 is 24.1 Å². The Bertz CT molecular complexity index is 583. The van der Waals surface area contributed by atoms with E-state index in [4.69, 9.17) is 13.9 Å². The van der Waals surface area contributed by atoms with E-state index >= 15 is 0 Å². The molecule has 2 saturated heterocycles. The summed E-state index contributed by atoms with van der Waals surface area (Å²) in [6.45, 7) is 8.98. The molecule has 1 N–H and O–H groups in total. The highest BCUT2D eigenvalue weighted by atomic mass is 16.5. The van der Waals surface area contributed by atoms with Crippen LogP contribution in [0.4, 0.5) is 0 Å². The molecule has 0 spiro atoms. The molecule has 0 amide bonds. The van der Waals surface area contributed by atoms with Crippen molar-refractivity contribution in [2.45, 2.75) is 19.4 Å². The summed E-state index contributed by atoms with van der Waals surface area (Å²) >= 11 is 0. The lowest BCUT2D eigenvalue weighted by molar-refractivity contribution is 0.0123. The molecule has 26 heavy (non-hydrogen) atoms. The zero-order valence-corrected chi connectivity index (χ0v) is 16.2. The highest BCUT2D eigenvalue weighted by molar-refractivity contribution is 5.80. The van der Waals surface area contributed by atoms with Crippen LogP contribution in [0.25, 0.3) is 0 Å². The lowest BCUT2D eigenvalue weighted by atomic mass is 10.1. The van der Waals surface area contributed by atoms with Crippen LogP contribution in [0.15, 0.2) is 21.5 Å². The van der Waals surface area contributed by atoms with Gasteiger partial charge in [0.2, 0.25) is 0 Å². The fraction of sp³-hybridized carbons (Fsp3) is 0.737. The van der Waals surface area contributed by atoms with Crippen molar-refractivity contribution >= 4 is 5.96 Å². The average molecular weight is 364 g/mol. The number of hydrogen-bond donors (Lipinski definition) is 1. The quantitative estimate of drug-likeness (QED) is 0.610. The third-order valence-electron chi connectivity index (χ3n) is 5.23. The number of rotatable bonds is 6. The number of aryl methyl sites for hydroxylation is 1. The van der Waals surface area contributed by atoms with Gasteiger partial charge in [0.25, 0.3) is 0 Å². The van der Waals surface area contributed by atoms with Gasteiger partial charge in [-0.15, -0.1) is 0 Å². The van der Waals surface area contributed by atoms with Crippen molar-refractivity contribution in [3.63, 3.8) is 0 Å². The first-order valence-electron chi connectivity index (χ1n) is 9.54. The van der Waals surface area contributed by atoms with E-state index in [2.05, 4.69) is 26.2 Å². The normalized spacial score (nSPS) is 23.4. The zero-order chi connectivity index (χ0) is 18.4.